The van der Waals surface area contributed by atoms with Crippen molar-refractivity contribution in [2.24, 2.45) is 4.99 Å². The minimum absolute atomic E-state index is 0.953. The zero-order valence-electron chi connectivity index (χ0n) is 7.41. The molecule has 1 nitrogen and oxygen atoms in total. The van der Waals surface area contributed by atoms with Gasteiger partial charge in [0.15, 0.2) is 0 Å². The van der Waals surface area contributed by atoms with Crippen LogP contribution in [-0.2, 0) is 0 Å². The summed E-state index contributed by atoms with van der Waals surface area (Å²) in [6.45, 7) is 7.28. The Labute approximate surface area is 82.7 Å². The largest absolute Gasteiger partial charge is 0.250 e. The summed E-state index contributed by atoms with van der Waals surface area (Å²) in [5.41, 5.74) is 1.05. The Morgan fingerprint density at radius 3 is 2.33 bits per heavy atom. The molecule has 0 saturated heterocycles. The molecule has 66 valence electrons. The lowest BCUT2D eigenvalue weighted by atomic mass is 10.3. The maximum atomic E-state index is 4.12. The summed E-state index contributed by atoms with van der Waals surface area (Å²) in [5, 5.41) is 2.97. The fraction of sp³-hybridized carbons (Fsp3) is 0.222. The molecule has 0 unspecified atom stereocenters. The Balaban J connectivity index is 4.67. The van der Waals surface area contributed by atoms with Gasteiger partial charge in [-0.3, -0.25) is 0 Å². The van der Waals surface area contributed by atoms with Gasteiger partial charge >= 0.3 is 0 Å². The standard InChI is InChI=1S/C9H13NS2/c1-5-8(7-11-3)9(12-4)10-6-2/h5-7H,1-2H2,3-4H3/b8-7+,10-9-. The van der Waals surface area contributed by atoms with Crippen molar-refractivity contribution >= 4 is 28.6 Å². The van der Waals surface area contributed by atoms with Crippen LogP contribution in [0.4, 0.5) is 0 Å². The van der Waals surface area contributed by atoms with Gasteiger partial charge in [0.25, 0.3) is 0 Å². The molecule has 0 radical (unpaired) electrons. The van der Waals surface area contributed by atoms with E-state index >= 15 is 0 Å². The van der Waals surface area contributed by atoms with Gasteiger partial charge in [-0.25, -0.2) is 4.99 Å². The first-order chi connectivity index (χ1) is 5.79. The third-order valence-corrected chi connectivity index (χ3v) is 2.33. The predicted molar refractivity (Wildman–Crippen MR) is 62.9 cm³/mol. The summed E-state index contributed by atoms with van der Waals surface area (Å²) in [4.78, 5) is 4.12. The molecule has 0 rings (SSSR count). The van der Waals surface area contributed by atoms with Crippen LogP contribution in [0.25, 0.3) is 0 Å². The van der Waals surface area contributed by atoms with Gasteiger partial charge in [-0.15, -0.1) is 23.5 Å². The van der Waals surface area contributed by atoms with Crippen molar-refractivity contribution in [1.29, 1.82) is 0 Å². The van der Waals surface area contributed by atoms with Gasteiger partial charge in [0.05, 0.1) is 0 Å². The first-order valence-electron chi connectivity index (χ1n) is 3.38. The minimum atomic E-state index is 0.953. The van der Waals surface area contributed by atoms with Crippen molar-refractivity contribution in [3.05, 3.63) is 36.4 Å². The van der Waals surface area contributed by atoms with E-state index in [0.29, 0.717) is 0 Å². The Kier molecular flexibility index (Phi) is 7.00. The van der Waals surface area contributed by atoms with E-state index in [9.17, 15) is 0 Å². The van der Waals surface area contributed by atoms with Crippen LogP contribution in [0, 0.1) is 0 Å². The minimum Gasteiger partial charge on any atom is -0.250 e. The molecular formula is C9H13NS2. The topological polar surface area (TPSA) is 12.4 Å². The fourth-order valence-electron chi connectivity index (χ4n) is 0.641. The summed E-state index contributed by atoms with van der Waals surface area (Å²) in [5.74, 6) is 0. The van der Waals surface area contributed by atoms with Crippen LogP contribution in [0.3, 0.4) is 0 Å². The third-order valence-electron chi connectivity index (χ3n) is 1.11. The maximum Gasteiger partial charge on any atom is 0.103 e. The van der Waals surface area contributed by atoms with Crippen molar-refractivity contribution in [2.45, 2.75) is 0 Å². The molecular weight excluding hydrogens is 186 g/mol. The van der Waals surface area contributed by atoms with Gasteiger partial charge in [0.2, 0.25) is 0 Å². The molecule has 0 spiro atoms. The monoisotopic (exact) mass is 199 g/mol. The van der Waals surface area contributed by atoms with E-state index in [2.05, 4.69) is 18.2 Å². The van der Waals surface area contributed by atoms with Crippen LogP contribution < -0.4 is 0 Å². The smallest absolute Gasteiger partial charge is 0.103 e. The highest BCUT2D eigenvalue weighted by atomic mass is 32.2. The molecule has 0 fully saturated rings. The number of nitrogens with zero attached hydrogens (tertiary/aromatic N) is 1. The first-order valence-corrected chi connectivity index (χ1v) is 5.89. The van der Waals surface area contributed by atoms with E-state index in [0.717, 1.165) is 10.6 Å². The number of rotatable bonds is 4. The van der Waals surface area contributed by atoms with Gasteiger partial charge < -0.3 is 0 Å². The summed E-state index contributed by atoms with van der Waals surface area (Å²) in [6.07, 6.45) is 7.34. The van der Waals surface area contributed by atoms with Crippen molar-refractivity contribution < 1.29 is 0 Å². The lowest BCUT2D eigenvalue weighted by Crippen LogP contribution is -1.92. The molecule has 0 aliphatic carbocycles. The lowest BCUT2D eigenvalue weighted by Gasteiger charge is -2.01. The second-order valence-corrected chi connectivity index (χ2v) is 3.34. The SMILES string of the molecule is C=C/N=C(SC)/C(C=C)=C/SC. The van der Waals surface area contributed by atoms with E-state index in [1.807, 2.05) is 17.9 Å². The summed E-state index contributed by atoms with van der Waals surface area (Å²) in [7, 11) is 0. The van der Waals surface area contributed by atoms with Crippen LogP contribution >= 0.6 is 23.5 Å². The molecule has 0 N–H and O–H groups in total. The second-order valence-electron chi connectivity index (χ2n) is 1.83. The molecule has 0 aliphatic rings. The van der Waals surface area contributed by atoms with Crippen LogP contribution in [0.5, 0.6) is 0 Å². The Hall–Kier alpha value is -0.410. The number of aliphatic imine (C=N–C) groups is 1. The van der Waals surface area contributed by atoms with Gasteiger partial charge in [-0.05, 0) is 17.9 Å². The molecule has 0 aromatic carbocycles. The van der Waals surface area contributed by atoms with Crippen molar-refractivity contribution in [3.8, 4) is 0 Å². The van der Waals surface area contributed by atoms with Crippen LogP contribution in [0.15, 0.2) is 41.4 Å². The Morgan fingerprint density at radius 2 is 2.00 bits per heavy atom. The van der Waals surface area contributed by atoms with Crippen molar-refractivity contribution in [1.82, 2.24) is 0 Å². The quantitative estimate of drug-likeness (QED) is 0.391. The second kappa shape index (κ2) is 7.25. The van der Waals surface area contributed by atoms with Crippen molar-refractivity contribution in [3.63, 3.8) is 0 Å². The average Bonchev–Trinajstić information content (AvgIpc) is 2.11. The van der Waals surface area contributed by atoms with Gasteiger partial charge in [0, 0.05) is 11.8 Å². The number of hydrogen-bond acceptors (Lipinski definition) is 3. The fourth-order valence-corrected chi connectivity index (χ4v) is 1.74. The van der Waals surface area contributed by atoms with Gasteiger partial charge in [-0.1, -0.05) is 19.2 Å². The Morgan fingerprint density at radius 1 is 1.33 bits per heavy atom. The molecule has 0 aromatic rings. The van der Waals surface area contributed by atoms with E-state index in [4.69, 9.17) is 0 Å². The zero-order chi connectivity index (χ0) is 9.40. The molecule has 0 heterocycles. The van der Waals surface area contributed by atoms with Crippen LogP contribution in [-0.4, -0.2) is 17.6 Å². The van der Waals surface area contributed by atoms with E-state index in [1.54, 1.807) is 35.8 Å². The van der Waals surface area contributed by atoms with E-state index in [-0.39, 0.29) is 0 Å². The molecule has 0 amide bonds. The van der Waals surface area contributed by atoms with Crippen LogP contribution in [0.1, 0.15) is 0 Å². The highest BCUT2D eigenvalue weighted by Gasteiger charge is 1.99. The summed E-state index contributed by atoms with van der Waals surface area (Å²) >= 11 is 3.24. The molecule has 3 heteroatoms. The zero-order valence-corrected chi connectivity index (χ0v) is 9.04. The van der Waals surface area contributed by atoms with Gasteiger partial charge in [0.1, 0.15) is 5.04 Å². The van der Waals surface area contributed by atoms with Crippen LogP contribution in [0.2, 0.25) is 0 Å². The number of thioether (sulfide) groups is 2. The predicted octanol–water partition coefficient (Wildman–Crippen LogP) is 3.32. The lowest BCUT2D eigenvalue weighted by molar-refractivity contribution is 1.60. The molecule has 0 saturated carbocycles. The first kappa shape index (κ1) is 11.6. The summed E-state index contributed by atoms with van der Waals surface area (Å²) in [6, 6.07) is 0. The maximum absolute atomic E-state index is 4.12. The third kappa shape index (κ3) is 3.83. The normalized spacial score (nSPS) is 12.8. The highest BCUT2D eigenvalue weighted by Crippen LogP contribution is 2.14. The average molecular weight is 199 g/mol. The molecule has 0 aromatic heterocycles. The van der Waals surface area contributed by atoms with E-state index in [1.165, 1.54) is 0 Å². The Bertz CT molecular complexity index is 217. The molecule has 0 aliphatic heterocycles. The van der Waals surface area contributed by atoms with Crippen molar-refractivity contribution in [2.75, 3.05) is 12.5 Å². The number of allylic oxidation sites excluding steroid dienone is 1. The number of hydrogen-bond donors (Lipinski definition) is 0. The highest BCUT2D eigenvalue weighted by molar-refractivity contribution is 8.14. The van der Waals surface area contributed by atoms with Gasteiger partial charge in [-0.2, -0.15) is 0 Å². The molecule has 0 bridgehead atoms. The molecule has 12 heavy (non-hydrogen) atoms. The summed E-state index contributed by atoms with van der Waals surface area (Å²) < 4.78 is 0. The van der Waals surface area contributed by atoms with E-state index < -0.39 is 0 Å². The molecule has 0 atom stereocenters.